The minimum Gasteiger partial charge on any atom is -0.409 e. The van der Waals surface area contributed by atoms with E-state index in [0.717, 1.165) is 0 Å². The van der Waals surface area contributed by atoms with Gasteiger partial charge in [-0.05, 0) is 19.3 Å². The van der Waals surface area contributed by atoms with E-state index in [9.17, 15) is 13.6 Å². The fourth-order valence-corrected chi connectivity index (χ4v) is 2.14. The number of amides is 1. The number of nitrogens with two attached hydrogens (primary N) is 1. The van der Waals surface area contributed by atoms with E-state index in [1.807, 2.05) is 0 Å². The quantitative estimate of drug-likeness (QED) is 0.310. The molecule has 2 unspecified atom stereocenters. The lowest BCUT2D eigenvalue weighted by Gasteiger charge is -2.29. The zero-order valence-corrected chi connectivity index (χ0v) is 10.3. The normalized spacial score (nSPS) is 25.5. The number of carbonyl (C=O) groups is 1. The zero-order valence-electron chi connectivity index (χ0n) is 10.3. The Labute approximate surface area is 104 Å². The van der Waals surface area contributed by atoms with Crippen LogP contribution in [-0.2, 0) is 4.79 Å². The Kier molecular flexibility index (Phi) is 4.86. The molecule has 18 heavy (non-hydrogen) atoms. The van der Waals surface area contributed by atoms with Crippen molar-refractivity contribution in [2.45, 2.75) is 51.0 Å². The predicted molar refractivity (Wildman–Crippen MR) is 62.5 cm³/mol. The number of hydrogen-bond donors (Lipinski definition) is 3. The molecule has 1 amide bonds. The molecule has 7 heteroatoms. The van der Waals surface area contributed by atoms with Crippen LogP contribution in [0.5, 0.6) is 0 Å². The van der Waals surface area contributed by atoms with Crippen LogP contribution in [0.4, 0.5) is 8.78 Å². The molecule has 0 aromatic heterocycles. The molecular weight excluding hydrogens is 244 g/mol. The highest BCUT2D eigenvalue weighted by Gasteiger charge is 2.39. The first kappa shape index (κ1) is 14.7. The first-order valence-corrected chi connectivity index (χ1v) is 6.05. The molecule has 5 nitrogen and oxygen atoms in total. The molecule has 1 aliphatic rings. The van der Waals surface area contributed by atoms with E-state index in [0.29, 0.717) is 19.3 Å². The van der Waals surface area contributed by atoms with Crippen molar-refractivity contribution in [3.63, 3.8) is 0 Å². The van der Waals surface area contributed by atoms with Crippen LogP contribution in [0.15, 0.2) is 5.16 Å². The van der Waals surface area contributed by atoms with Crippen molar-refractivity contribution in [2.75, 3.05) is 0 Å². The lowest BCUT2D eigenvalue weighted by Crippen LogP contribution is -2.47. The van der Waals surface area contributed by atoms with Crippen molar-refractivity contribution in [3.05, 3.63) is 0 Å². The summed E-state index contributed by atoms with van der Waals surface area (Å²) in [7, 11) is 0. The summed E-state index contributed by atoms with van der Waals surface area (Å²) in [6.07, 6.45) is 0.643. The number of alkyl halides is 2. The number of oxime groups is 1. The van der Waals surface area contributed by atoms with Crippen LogP contribution in [0.1, 0.15) is 39.0 Å². The molecule has 104 valence electrons. The molecule has 0 heterocycles. The second-order valence-corrected chi connectivity index (χ2v) is 4.64. The maximum atomic E-state index is 13.2. The van der Waals surface area contributed by atoms with Crippen molar-refractivity contribution in [1.29, 1.82) is 0 Å². The van der Waals surface area contributed by atoms with E-state index in [-0.39, 0.29) is 12.3 Å². The molecule has 0 radical (unpaired) electrons. The van der Waals surface area contributed by atoms with E-state index >= 15 is 0 Å². The molecule has 2 atom stereocenters. The monoisotopic (exact) mass is 263 g/mol. The third-order valence-corrected chi connectivity index (χ3v) is 3.21. The molecule has 1 aliphatic carbocycles. The summed E-state index contributed by atoms with van der Waals surface area (Å²) in [5.74, 6) is -4.03. The van der Waals surface area contributed by atoms with Crippen LogP contribution in [-0.4, -0.2) is 28.9 Å². The van der Waals surface area contributed by atoms with Crippen molar-refractivity contribution in [3.8, 4) is 0 Å². The summed E-state index contributed by atoms with van der Waals surface area (Å²) in [5.41, 5.74) is 5.40. The van der Waals surface area contributed by atoms with Gasteiger partial charge >= 0.3 is 0 Å². The number of halogens is 2. The van der Waals surface area contributed by atoms with Gasteiger partial charge in [0, 0.05) is 18.8 Å². The minimum atomic E-state index is -2.77. The summed E-state index contributed by atoms with van der Waals surface area (Å²) in [6.45, 7) is 1.75. The average molecular weight is 263 g/mol. The zero-order chi connectivity index (χ0) is 13.8. The fourth-order valence-electron chi connectivity index (χ4n) is 2.14. The predicted octanol–water partition coefficient (Wildman–Crippen LogP) is 1.45. The molecule has 1 rings (SSSR count). The van der Waals surface area contributed by atoms with Gasteiger partial charge in [-0.1, -0.05) is 12.1 Å². The van der Waals surface area contributed by atoms with Crippen molar-refractivity contribution in [2.24, 2.45) is 16.8 Å². The van der Waals surface area contributed by atoms with E-state index in [4.69, 9.17) is 10.9 Å². The third-order valence-electron chi connectivity index (χ3n) is 3.21. The number of nitrogens with one attached hydrogen (secondary N) is 1. The van der Waals surface area contributed by atoms with Gasteiger partial charge in [0.25, 0.3) is 0 Å². The summed E-state index contributed by atoms with van der Waals surface area (Å²) in [6, 6.07) is -0.613. The van der Waals surface area contributed by atoms with Crippen LogP contribution in [0.3, 0.4) is 0 Å². The smallest absolute Gasteiger partial charge is 0.248 e. The standard InChI is InChI=1S/C11H19F2N3O2/c1-2-8(9(14)16-18)15-10(17)7-4-3-5-11(12,13)6-7/h7-8,18H,2-6H2,1H3,(H2,14,16)(H,15,17). The Hall–Kier alpha value is -1.40. The Morgan fingerprint density at radius 2 is 2.33 bits per heavy atom. The summed E-state index contributed by atoms with van der Waals surface area (Å²) < 4.78 is 26.4. The summed E-state index contributed by atoms with van der Waals surface area (Å²) >= 11 is 0. The number of nitrogens with zero attached hydrogens (tertiary/aromatic N) is 1. The third kappa shape index (κ3) is 3.82. The Balaban J connectivity index is 2.59. The van der Waals surface area contributed by atoms with Gasteiger partial charge in [0.15, 0.2) is 5.84 Å². The molecular formula is C11H19F2N3O2. The van der Waals surface area contributed by atoms with E-state index in [1.165, 1.54) is 0 Å². The molecule has 0 aromatic carbocycles. The van der Waals surface area contributed by atoms with Gasteiger partial charge in [0.05, 0.1) is 6.04 Å². The van der Waals surface area contributed by atoms with Gasteiger partial charge in [-0.25, -0.2) is 8.78 Å². The van der Waals surface area contributed by atoms with Crippen molar-refractivity contribution < 1.29 is 18.8 Å². The van der Waals surface area contributed by atoms with Crippen molar-refractivity contribution in [1.82, 2.24) is 5.32 Å². The van der Waals surface area contributed by atoms with Crippen molar-refractivity contribution >= 4 is 11.7 Å². The molecule has 0 bridgehead atoms. The van der Waals surface area contributed by atoms with Gasteiger partial charge < -0.3 is 16.3 Å². The van der Waals surface area contributed by atoms with Gasteiger partial charge in [-0.2, -0.15) is 0 Å². The molecule has 0 saturated heterocycles. The van der Waals surface area contributed by atoms with E-state index < -0.39 is 30.2 Å². The van der Waals surface area contributed by atoms with Crippen LogP contribution in [0.25, 0.3) is 0 Å². The van der Waals surface area contributed by atoms with Gasteiger partial charge in [0.1, 0.15) is 0 Å². The Morgan fingerprint density at radius 3 is 2.83 bits per heavy atom. The Bertz CT molecular complexity index is 334. The lowest BCUT2D eigenvalue weighted by molar-refractivity contribution is -0.132. The van der Waals surface area contributed by atoms with Gasteiger partial charge in [0.2, 0.25) is 11.8 Å². The summed E-state index contributed by atoms with van der Waals surface area (Å²) in [5, 5.41) is 13.9. The van der Waals surface area contributed by atoms with Crippen LogP contribution < -0.4 is 11.1 Å². The molecule has 0 aliphatic heterocycles. The average Bonchev–Trinajstić information content (AvgIpc) is 2.33. The molecule has 0 spiro atoms. The number of hydrogen-bond acceptors (Lipinski definition) is 3. The number of rotatable bonds is 4. The molecule has 1 saturated carbocycles. The van der Waals surface area contributed by atoms with Crippen LogP contribution >= 0.6 is 0 Å². The topological polar surface area (TPSA) is 87.7 Å². The second kappa shape index (κ2) is 5.97. The highest BCUT2D eigenvalue weighted by molar-refractivity contribution is 5.90. The molecule has 0 aromatic rings. The largest absolute Gasteiger partial charge is 0.409 e. The summed E-state index contributed by atoms with van der Waals surface area (Å²) in [4.78, 5) is 11.8. The number of amidine groups is 1. The minimum absolute atomic E-state index is 0.117. The molecule has 1 fully saturated rings. The van der Waals surface area contributed by atoms with Gasteiger partial charge in [-0.15, -0.1) is 0 Å². The van der Waals surface area contributed by atoms with Gasteiger partial charge in [-0.3, -0.25) is 4.79 Å². The highest BCUT2D eigenvalue weighted by Crippen LogP contribution is 2.36. The number of carbonyl (C=O) groups excluding carboxylic acids is 1. The Morgan fingerprint density at radius 1 is 1.67 bits per heavy atom. The first-order valence-electron chi connectivity index (χ1n) is 6.05. The highest BCUT2D eigenvalue weighted by atomic mass is 19.3. The van der Waals surface area contributed by atoms with Crippen LogP contribution in [0, 0.1) is 5.92 Å². The fraction of sp³-hybridized carbons (Fsp3) is 0.818. The first-order chi connectivity index (χ1) is 8.39. The maximum Gasteiger partial charge on any atom is 0.248 e. The van der Waals surface area contributed by atoms with Crippen LogP contribution in [0.2, 0.25) is 0 Å². The second-order valence-electron chi connectivity index (χ2n) is 4.64. The van der Waals surface area contributed by atoms with E-state index in [1.54, 1.807) is 6.92 Å². The van der Waals surface area contributed by atoms with E-state index in [2.05, 4.69) is 10.5 Å². The lowest BCUT2D eigenvalue weighted by atomic mass is 9.86. The SMILES string of the molecule is CCC(NC(=O)C1CCCC(F)(F)C1)C(N)=NO. The molecule has 4 N–H and O–H groups in total. The maximum absolute atomic E-state index is 13.2.